The molecule has 0 aliphatic carbocycles. The highest BCUT2D eigenvalue weighted by atomic mass is 35.5. The van der Waals surface area contributed by atoms with Crippen LogP contribution in [0.15, 0.2) is 83.0 Å². The van der Waals surface area contributed by atoms with Crippen molar-refractivity contribution in [2.75, 3.05) is 4.90 Å². The number of hydrogen-bond donors (Lipinski definition) is 1. The molecule has 1 N–H and O–H groups in total. The van der Waals surface area contributed by atoms with Crippen LogP contribution in [0, 0.1) is 0 Å². The fourth-order valence-electron chi connectivity index (χ4n) is 3.74. The van der Waals surface area contributed by atoms with E-state index in [4.69, 9.17) is 23.2 Å². The molecule has 0 bridgehead atoms. The highest BCUT2D eigenvalue weighted by Gasteiger charge is 2.48. The van der Waals surface area contributed by atoms with Gasteiger partial charge in [-0.2, -0.15) is 0 Å². The Morgan fingerprint density at radius 2 is 1.58 bits per heavy atom. The Morgan fingerprint density at radius 1 is 0.944 bits per heavy atom. The Kier molecular flexibility index (Phi) is 7.06. The Labute approximate surface area is 224 Å². The molecular weight excluding hydrogens is 539 g/mol. The lowest BCUT2D eigenvalue weighted by molar-refractivity contribution is -0.132. The van der Waals surface area contributed by atoms with Crippen LogP contribution in [-0.4, -0.2) is 32.0 Å². The first kappa shape index (κ1) is 24.5. The Balaban J connectivity index is 1.52. The van der Waals surface area contributed by atoms with Crippen molar-refractivity contribution in [3.05, 3.63) is 105 Å². The summed E-state index contributed by atoms with van der Waals surface area (Å²) >= 11 is 14.7. The van der Waals surface area contributed by atoms with Gasteiger partial charge in [-0.3, -0.25) is 19.5 Å². The standard InChI is InChI=1S/C25H16Cl2N4O3S2/c26-17-5-1-14(2-6-17)13-35-25-30-29-24(36-25)31-20(15-3-7-18(27)8-4-15)19(22(33)23(31)34)21(32)16-9-11-28-12-10-16/h1-12,20,32H,13H2/b21-19+. The van der Waals surface area contributed by atoms with Crippen LogP contribution in [0.2, 0.25) is 10.0 Å². The minimum absolute atomic E-state index is 0.0425. The average molecular weight is 555 g/mol. The Hall–Kier alpha value is -3.24. The van der Waals surface area contributed by atoms with E-state index in [1.165, 1.54) is 40.4 Å². The van der Waals surface area contributed by atoms with E-state index >= 15 is 0 Å². The number of pyridine rings is 1. The van der Waals surface area contributed by atoms with E-state index < -0.39 is 17.7 Å². The summed E-state index contributed by atoms with van der Waals surface area (Å²) in [4.78, 5) is 31.7. The molecule has 5 rings (SSSR count). The van der Waals surface area contributed by atoms with Crippen molar-refractivity contribution in [3.8, 4) is 0 Å². The van der Waals surface area contributed by atoms with Crippen molar-refractivity contribution in [1.82, 2.24) is 15.2 Å². The summed E-state index contributed by atoms with van der Waals surface area (Å²) in [5.74, 6) is -1.27. The van der Waals surface area contributed by atoms with Gasteiger partial charge >= 0.3 is 5.91 Å². The molecule has 2 aromatic carbocycles. The van der Waals surface area contributed by atoms with Gasteiger partial charge in [-0.15, -0.1) is 10.2 Å². The molecule has 1 unspecified atom stereocenters. The van der Waals surface area contributed by atoms with Crippen LogP contribution < -0.4 is 4.90 Å². The molecule has 0 radical (unpaired) electrons. The van der Waals surface area contributed by atoms with Gasteiger partial charge in [0.1, 0.15) is 5.76 Å². The number of aliphatic hydroxyl groups excluding tert-OH is 1. The van der Waals surface area contributed by atoms with E-state index in [9.17, 15) is 14.7 Å². The van der Waals surface area contributed by atoms with Crippen molar-refractivity contribution in [2.45, 2.75) is 16.1 Å². The summed E-state index contributed by atoms with van der Waals surface area (Å²) in [5.41, 5.74) is 1.98. The van der Waals surface area contributed by atoms with E-state index in [2.05, 4.69) is 15.2 Å². The minimum atomic E-state index is -0.905. The second-order valence-electron chi connectivity index (χ2n) is 7.72. The van der Waals surface area contributed by atoms with Gasteiger partial charge in [0, 0.05) is 33.8 Å². The second kappa shape index (κ2) is 10.4. The van der Waals surface area contributed by atoms with E-state index in [1.54, 1.807) is 36.4 Å². The van der Waals surface area contributed by atoms with E-state index in [0.29, 0.717) is 31.3 Å². The zero-order chi connectivity index (χ0) is 25.2. The summed E-state index contributed by atoms with van der Waals surface area (Å²) in [6.45, 7) is 0. The van der Waals surface area contributed by atoms with Crippen LogP contribution in [-0.2, 0) is 15.3 Å². The van der Waals surface area contributed by atoms with Gasteiger partial charge in [0.05, 0.1) is 11.6 Å². The summed E-state index contributed by atoms with van der Waals surface area (Å²) in [5, 5.41) is 20.9. The number of carbonyl (C=O) groups is 2. The van der Waals surface area contributed by atoms with Gasteiger partial charge < -0.3 is 5.11 Å². The number of nitrogens with zero attached hydrogens (tertiary/aromatic N) is 4. The van der Waals surface area contributed by atoms with Crippen LogP contribution in [0.3, 0.4) is 0 Å². The molecule has 1 saturated heterocycles. The normalized spacial score (nSPS) is 17.1. The molecule has 2 aromatic heterocycles. The molecule has 1 aliphatic heterocycles. The molecular formula is C25H16Cl2N4O3S2. The Bertz CT molecular complexity index is 1460. The zero-order valence-electron chi connectivity index (χ0n) is 18.3. The van der Waals surface area contributed by atoms with Gasteiger partial charge in [-0.05, 0) is 47.5 Å². The fraction of sp³-hybridized carbons (Fsp3) is 0.0800. The molecule has 1 amide bonds. The molecule has 4 aromatic rings. The van der Waals surface area contributed by atoms with Crippen molar-refractivity contribution in [2.24, 2.45) is 0 Å². The number of hydrogen-bond acceptors (Lipinski definition) is 8. The van der Waals surface area contributed by atoms with Gasteiger partial charge in [0.25, 0.3) is 5.78 Å². The number of halogens is 2. The van der Waals surface area contributed by atoms with E-state index in [1.807, 2.05) is 24.3 Å². The van der Waals surface area contributed by atoms with Gasteiger partial charge in [0.2, 0.25) is 5.13 Å². The number of aliphatic hydroxyl groups is 1. The van der Waals surface area contributed by atoms with Crippen molar-refractivity contribution in [1.29, 1.82) is 0 Å². The SMILES string of the molecule is O=C1C(=O)N(c2nnc(SCc3ccc(Cl)cc3)s2)C(c2ccc(Cl)cc2)/C1=C(\O)c1ccncc1. The largest absolute Gasteiger partial charge is 0.507 e. The number of aromatic nitrogens is 3. The maximum absolute atomic E-state index is 13.2. The number of ketones is 1. The maximum atomic E-state index is 13.2. The number of thioether (sulfide) groups is 1. The number of Topliss-reactive ketones (excluding diaryl/α,β-unsaturated/α-hetero) is 1. The minimum Gasteiger partial charge on any atom is -0.507 e. The van der Waals surface area contributed by atoms with Crippen molar-refractivity contribution in [3.63, 3.8) is 0 Å². The van der Waals surface area contributed by atoms with E-state index in [0.717, 1.165) is 5.56 Å². The van der Waals surface area contributed by atoms with Gasteiger partial charge in [-0.1, -0.05) is 70.6 Å². The third kappa shape index (κ3) is 4.87. The summed E-state index contributed by atoms with van der Waals surface area (Å²) < 4.78 is 0.630. The molecule has 36 heavy (non-hydrogen) atoms. The number of anilines is 1. The molecule has 1 fully saturated rings. The van der Waals surface area contributed by atoms with E-state index in [-0.39, 0.29) is 16.5 Å². The van der Waals surface area contributed by atoms with Gasteiger partial charge in [0.15, 0.2) is 4.34 Å². The topological polar surface area (TPSA) is 96.3 Å². The second-order valence-corrected chi connectivity index (χ2v) is 10.8. The third-order valence-corrected chi connectivity index (χ3v) is 8.09. The van der Waals surface area contributed by atoms with Crippen LogP contribution in [0.4, 0.5) is 5.13 Å². The van der Waals surface area contributed by atoms with Crippen LogP contribution in [0.1, 0.15) is 22.7 Å². The van der Waals surface area contributed by atoms with Gasteiger partial charge in [-0.25, -0.2) is 0 Å². The summed E-state index contributed by atoms with van der Waals surface area (Å²) in [6, 6.07) is 16.5. The average Bonchev–Trinajstić information content (AvgIpc) is 3.46. The molecule has 0 spiro atoms. The molecule has 7 nitrogen and oxygen atoms in total. The predicted molar refractivity (Wildman–Crippen MR) is 141 cm³/mol. The predicted octanol–water partition coefficient (Wildman–Crippen LogP) is 6.16. The molecule has 11 heteroatoms. The lowest BCUT2D eigenvalue weighted by Crippen LogP contribution is -2.29. The maximum Gasteiger partial charge on any atom is 0.301 e. The lowest BCUT2D eigenvalue weighted by atomic mass is 9.96. The van der Waals surface area contributed by atoms with Crippen molar-refractivity contribution < 1.29 is 14.7 Å². The first-order chi connectivity index (χ1) is 17.4. The molecule has 180 valence electrons. The molecule has 1 aliphatic rings. The third-order valence-electron chi connectivity index (χ3n) is 5.46. The number of benzene rings is 2. The highest BCUT2D eigenvalue weighted by molar-refractivity contribution is 8.00. The quantitative estimate of drug-likeness (QED) is 0.100. The number of carbonyl (C=O) groups excluding carboxylic acids is 2. The first-order valence-electron chi connectivity index (χ1n) is 10.6. The van der Waals surface area contributed by atoms with Crippen LogP contribution in [0.25, 0.3) is 5.76 Å². The smallest absolute Gasteiger partial charge is 0.301 e. The molecule has 0 saturated carbocycles. The fourth-order valence-corrected chi connectivity index (χ4v) is 5.81. The molecule has 1 atom stereocenters. The highest BCUT2D eigenvalue weighted by Crippen LogP contribution is 2.44. The summed E-state index contributed by atoms with van der Waals surface area (Å²) in [6.07, 6.45) is 2.99. The lowest BCUT2D eigenvalue weighted by Gasteiger charge is -2.22. The first-order valence-corrected chi connectivity index (χ1v) is 13.2. The monoisotopic (exact) mass is 554 g/mol. The number of rotatable bonds is 6. The summed E-state index contributed by atoms with van der Waals surface area (Å²) in [7, 11) is 0. The van der Waals surface area contributed by atoms with Crippen LogP contribution >= 0.6 is 46.3 Å². The number of amides is 1. The Morgan fingerprint density at radius 3 is 2.25 bits per heavy atom. The zero-order valence-corrected chi connectivity index (χ0v) is 21.5. The van der Waals surface area contributed by atoms with Crippen LogP contribution in [0.5, 0.6) is 0 Å². The molecule has 3 heterocycles. The van der Waals surface area contributed by atoms with Crippen molar-refractivity contribution >= 4 is 68.9 Å².